The van der Waals surface area contributed by atoms with E-state index < -0.39 is 9.84 Å². The first-order valence-corrected chi connectivity index (χ1v) is 12.8. The molecule has 31 heavy (non-hydrogen) atoms. The number of hydrogen-bond acceptors (Lipinski definition) is 4. The molecule has 1 aliphatic rings. The Bertz CT molecular complexity index is 821. The van der Waals surface area contributed by atoms with Gasteiger partial charge in [-0.3, -0.25) is 4.79 Å². The molecule has 0 amide bonds. The van der Waals surface area contributed by atoms with Gasteiger partial charge in [0, 0.05) is 0 Å². The summed E-state index contributed by atoms with van der Waals surface area (Å²) in [6.45, 7) is 12.9. The summed E-state index contributed by atoms with van der Waals surface area (Å²) >= 11 is 0. The van der Waals surface area contributed by atoms with Gasteiger partial charge in [-0.15, -0.1) is 0 Å². The van der Waals surface area contributed by atoms with Gasteiger partial charge in [0.15, 0.2) is 9.84 Å². The van der Waals surface area contributed by atoms with Crippen LogP contribution in [0.1, 0.15) is 70.1 Å². The number of hydrogen-bond donors (Lipinski definition) is 0. The third kappa shape index (κ3) is 11.2. The number of rotatable bonds is 5. The smallest absolute Gasteiger partial charge is 0.293 e. The predicted molar refractivity (Wildman–Crippen MR) is 130 cm³/mol. The van der Waals surface area contributed by atoms with Crippen molar-refractivity contribution < 1.29 is 17.9 Å². The molecule has 1 fully saturated rings. The number of carbonyl (C=O) groups is 1. The number of aryl methyl sites for hydroxylation is 3. The van der Waals surface area contributed by atoms with Crippen LogP contribution in [0.25, 0.3) is 0 Å². The summed E-state index contributed by atoms with van der Waals surface area (Å²) in [6, 6.07) is 15.8. The van der Waals surface area contributed by atoms with Gasteiger partial charge in [0.05, 0.1) is 16.8 Å². The lowest BCUT2D eigenvalue weighted by Crippen LogP contribution is -2.17. The fourth-order valence-corrected chi connectivity index (χ4v) is 4.97. The molecule has 0 N–H and O–H groups in total. The molecule has 0 aliphatic heterocycles. The van der Waals surface area contributed by atoms with Crippen LogP contribution in [-0.4, -0.2) is 26.7 Å². The molecule has 4 nitrogen and oxygen atoms in total. The lowest BCUT2D eigenvalue weighted by atomic mass is 10.1. The minimum atomic E-state index is -3.06. The largest absolute Gasteiger partial charge is 0.468 e. The average Bonchev–Trinajstić information content (AvgIpc) is 3.33. The number of benzene rings is 2. The maximum atomic E-state index is 12.1. The van der Waals surface area contributed by atoms with Crippen molar-refractivity contribution in [3.05, 3.63) is 65.2 Å². The molecule has 1 saturated carbocycles. The van der Waals surface area contributed by atoms with Crippen LogP contribution in [-0.2, 0) is 25.8 Å². The maximum absolute atomic E-state index is 12.1. The van der Waals surface area contributed by atoms with Crippen LogP contribution in [0.5, 0.6) is 0 Å². The molecule has 174 valence electrons. The van der Waals surface area contributed by atoms with Gasteiger partial charge in [0.25, 0.3) is 6.47 Å². The van der Waals surface area contributed by atoms with E-state index in [0.717, 1.165) is 37.7 Å². The summed E-state index contributed by atoms with van der Waals surface area (Å²) < 4.78 is 28.4. The summed E-state index contributed by atoms with van der Waals surface area (Å²) in [6.07, 6.45) is 4.90. The zero-order chi connectivity index (χ0) is 23.7. The van der Waals surface area contributed by atoms with Crippen molar-refractivity contribution in [2.24, 2.45) is 0 Å². The van der Waals surface area contributed by atoms with Crippen LogP contribution in [0, 0.1) is 13.8 Å². The second kappa shape index (κ2) is 16.5. The lowest BCUT2D eigenvalue weighted by molar-refractivity contribution is -0.128. The third-order valence-electron chi connectivity index (χ3n) is 4.82. The monoisotopic (exact) mass is 448 g/mol. The zero-order valence-electron chi connectivity index (χ0n) is 20.1. The highest BCUT2D eigenvalue weighted by molar-refractivity contribution is 7.92. The van der Waals surface area contributed by atoms with Crippen LogP contribution in [0.15, 0.2) is 53.4 Å². The maximum Gasteiger partial charge on any atom is 0.293 e. The van der Waals surface area contributed by atoms with Crippen molar-refractivity contribution >= 4 is 16.3 Å². The Labute approximate surface area is 190 Å². The van der Waals surface area contributed by atoms with Crippen LogP contribution >= 0.6 is 0 Å². The van der Waals surface area contributed by atoms with E-state index in [4.69, 9.17) is 0 Å². The zero-order valence-corrected chi connectivity index (χ0v) is 20.9. The van der Waals surface area contributed by atoms with Crippen LogP contribution in [0.3, 0.4) is 0 Å². The van der Waals surface area contributed by atoms with Gasteiger partial charge in [0.2, 0.25) is 0 Å². The molecule has 0 heterocycles. The first-order chi connectivity index (χ1) is 14.8. The predicted octanol–water partition coefficient (Wildman–Crippen LogP) is 6.47. The van der Waals surface area contributed by atoms with Gasteiger partial charge in [-0.2, -0.15) is 0 Å². The minimum Gasteiger partial charge on any atom is -0.468 e. The molecule has 0 atom stereocenters. The number of sulfone groups is 1. The van der Waals surface area contributed by atoms with E-state index >= 15 is 0 Å². The average molecular weight is 449 g/mol. The van der Waals surface area contributed by atoms with Crippen LogP contribution < -0.4 is 0 Å². The van der Waals surface area contributed by atoms with Gasteiger partial charge in [-0.05, 0) is 57.7 Å². The quantitative estimate of drug-likeness (QED) is 0.492. The van der Waals surface area contributed by atoms with E-state index in [9.17, 15) is 13.2 Å². The molecule has 0 aromatic heterocycles. The summed E-state index contributed by atoms with van der Waals surface area (Å²) in [5.41, 5.74) is 3.88. The second-order valence-corrected chi connectivity index (χ2v) is 9.39. The first-order valence-electron chi connectivity index (χ1n) is 11.3. The highest BCUT2D eigenvalue weighted by Crippen LogP contribution is 2.29. The van der Waals surface area contributed by atoms with Gasteiger partial charge < -0.3 is 4.74 Å². The first kappa shape index (κ1) is 28.9. The summed E-state index contributed by atoms with van der Waals surface area (Å²) in [4.78, 5) is 9.67. The molecule has 5 heteroatoms. The molecule has 0 spiro atoms. The van der Waals surface area contributed by atoms with Gasteiger partial charge >= 0.3 is 0 Å². The van der Waals surface area contributed by atoms with E-state index in [-0.39, 0.29) is 5.25 Å². The van der Waals surface area contributed by atoms with Crippen LogP contribution in [0.4, 0.5) is 0 Å². The molecule has 0 bridgehead atoms. The third-order valence-corrected chi connectivity index (χ3v) is 7.09. The number of ether oxygens (including phenoxy) is 1. The van der Waals surface area contributed by atoms with Crippen molar-refractivity contribution in [2.75, 3.05) is 6.61 Å². The topological polar surface area (TPSA) is 60.4 Å². The van der Waals surface area contributed by atoms with E-state index in [0.29, 0.717) is 18.0 Å². The molecule has 0 unspecified atom stereocenters. The van der Waals surface area contributed by atoms with Crippen molar-refractivity contribution in [1.29, 1.82) is 0 Å². The summed E-state index contributed by atoms with van der Waals surface area (Å²) in [5.74, 6) is 0. The van der Waals surface area contributed by atoms with E-state index in [1.54, 1.807) is 19.1 Å². The fraction of sp³-hybridized carbons (Fsp3) is 0.500. The van der Waals surface area contributed by atoms with E-state index in [2.05, 4.69) is 42.8 Å². The van der Waals surface area contributed by atoms with Gasteiger partial charge in [-0.25, -0.2) is 8.42 Å². The Morgan fingerprint density at radius 2 is 1.52 bits per heavy atom. The highest BCUT2D eigenvalue weighted by atomic mass is 32.2. The Balaban J connectivity index is 0.000000479. The van der Waals surface area contributed by atoms with Crippen LogP contribution in [0.2, 0.25) is 0 Å². The minimum absolute atomic E-state index is 0.139. The van der Waals surface area contributed by atoms with Crippen molar-refractivity contribution in [3.8, 4) is 0 Å². The Morgan fingerprint density at radius 3 is 1.90 bits per heavy atom. The molecule has 3 rings (SSSR count). The van der Waals surface area contributed by atoms with E-state index in [1.165, 1.54) is 11.1 Å². The van der Waals surface area contributed by atoms with Gasteiger partial charge in [0.1, 0.15) is 0 Å². The fourth-order valence-electron chi connectivity index (χ4n) is 3.12. The van der Waals surface area contributed by atoms with E-state index in [1.807, 2.05) is 32.9 Å². The molecule has 0 radical (unpaired) electrons. The van der Waals surface area contributed by atoms with Crippen molar-refractivity contribution in [1.82, 2.24) is 0 Å². The molecular formula is C26H40O4S. The summed E-state index contributed by atoms with van der Waals surface area (Å²) in [5, 5.41) is -0.139. The van der Waals surface area contributed by atoms with Crippen molar-refractivity contribution in [3.63, 3.8) is 0 Å². The normalized spacial score (nSPS) is 12.8. The molecule has 2 aromatic carbocycles. The molecule has 2 aromatic rings. The molecule has 1 aliphatic carbocycles. The highest BCUT2D eigenvalue weighted by Gasteiger charge is 2.29. The molecule has 0 saturated heterocycles. The summed E-state index contributed by atoms with van der Waals surface area (Å²) in [7, 11) is -3.06. The van der Waals surface area contributed by atoms with Gasteiger partial charge in [-0.1, -0.05) is 81.1 Å². The second-order valence-electron chi connectivity index (χ2n) is 7.16. The standard InChI is InChI=1S/C12H16O2S.C9H12.C3H6O2.C2H6/c1-10-6-8-12(9-7-10)15(13,14)11-4-2-3-5-11;1-3-9-6-4-5-8(2)7-9;1-2-5-3-4;1-2/h6-9,11H,2-5H2,1H3;4-7H,3H2,1-2H3;3H,2H2,1H3;1-2H3. The Kier molecular flexibility index (Phi) is 15.4. The Morgan fingerprint density at radius 1 is 0.935 bits per heavy atom. The lowest BCUT2D eigenvalue weighted by Gasteiger charge is -2.10. The van der Waals surface area contributed by atoms with Crippen molar-refractivity contribution in [2.45, 2.75) is 83.8 Å². The molecular weight excluding hydrogens is 408 g/mol. The SMILES string of the molecule is CC.CCOC=O.CCc1cccc(C)c1.Cc1ccc(S(=O)(=O)C2CCCC2)cc1. The number of carbonyl (C=O) groups excluding carboxylic acids is 1. The Hall–Kier alpha value is -2.14.